The van der Waals surface area contributed by atoms with Crippen molar-refractivity contribution in [2.45, 2.75) is 18.4 Å². The largest absolute Gasteiger partial charge is 0.455 e. The zero-order valence-electron chi connectivity index (χ0n) is 14.5. The first-order valence-corrected chi connectivity index (χ1v) is 9.52. The van der Waals surface area contributed by atoms with Gasteiger partial charge in [-0.2, -0.15) is 9.71 Å². The lowest BCUT2D eigenvalue weighted by atomic mass is 10.2. The predicted octanol–water partition coefficient (Wildman–Crippen LogP) is 2.07. The molecule has 1 N–H and O–H groups in total. The monoisotopic (exact) mass is 387 g/mol. The van der Waals surface area contributed by atoms with Crippen molar-refractivity contribution in [2.75, 3.05) is 6.54 Å². The van der Waals surface area contributed by atoms with Crippen molar-refractivity contribution in [1.29, 1.82) is 0 Å². The van der Waals surface area contributed by atoms with Gasteiger partial charge in [-0.25, -0.2) is 8.42 Å². The molecule has 0 saturated carbocycles. The Labute approximate surface area is 156 Å². The van der Waals surface area contributed by atoms with Crippen LogP contribution in [0.25, 0.3) is 11.4 Å². The van der Waals surface area contributed by atoms with E-state index in [1.807, 2.05) is 37.3 Å². The summed E-state index contributed by atoms with van der Waals surface area (Å²) in [6.07, 6.45) is 0. The molecule has 0 aliphatic carbocycles. The van der Waals surface area contributed by atoms with E-state index in [4.69, 9.17) is 9.26 Å². The minimum atomic E-state index is -3.79. The molecule has 0 atom stereocenters. The van der Waals surface area contributed by atoms with E-state index in [0.717, 1.165) is 11.1 Å². The number of hydrogen-bond acceptors (Lipinski definition) is 7. The summed E-state index contributed by atoms with van der Waals surface area (Å²) in [5, 5.41) is 3.81. The number of rotatable bonds is 7. The highest BCUT2D eigenvalue weighted by Gasteiger charge is 2.17. The summed E-state index contributed by atoms with van der Waals surface area (Å²) < 4.78 is 36.4. The summed E-state index contributed by atoms with van der Waals surface area (Å²) in [7, 11) is -3.79. The van der Waals surface area contributed by atoms with E-state index in [9.17, 15) is 13.2 Å². The second-order valence-electron chi connectivity index (χ2n) is 5.68. The Morgan fingerprint density at radius 3 is 2.52 bits per heavy atom. The summed E-state index contributed by atoms with van der Waals surface area (Å²) in [5.41, 5.74) is 1.70. The van der Waals surface area contributed by atoms with Gasteiger partial charge in [-0.15, -0.1) is 0 Å². The maximum Gasteiger partial charge on any atom is 0.321 e. The first kappa shape index (κ1) is 18.7. The van der Waals surface area contributed by atoms with Crippen LogP contribution in [0, 0.1) is 6.92 Å². The van der Waals surface area contributed by atoms with Crippen molar-refractivity contribution in [3.05, 3.63) is 66.1 Å². The summed E-state index contributed by atoms with van der Waals surface area (Å²) in [6.45, 7) is 1.10. The molecule has 0 saturated heterocycles. The minimum absolute atomic E-state index is 0.0744. The van der Waals surface area contributed by atoms with Crippen LogP contribution in [-0.4, -0.2) is 31.1 Å². The van der Waals surface area contributed by atoms with Gasteiger partial charge < -0.3 is 9.26 Å². The van der Waals surface area contributed by atoms with Gasteiger partial charge in [0.05, 0.1) is 4.90 Å². The lowest BCUT2D eigenvalue weighted by Crippen LogP contribution is -2.30. The van der Waals surface area contributed by atoms with Crippen molar-refractivity contribution >= 4 is 16.0 Å². The Bertz CT molecular complexity index is 1010. The van der Waals surface area contributed by atoms with Crippen LogP contribution in [0.5, 0.6) is 0 Å². The number of carbonyl (C=O) groups is 1. The molecule has 0 aliphatic heterocycles. The SMILES string of the molecule is Cc1ccc(S(=O)(=O)NCC(=O)OCc2nc(-c3ccccc3)no2)cc1. The number of hydrogen-bond donors (Lipinski definition) is 1. The fourth-order valence-electron chi connectivity index (χ4n) is 2.17. The van der Waals surface area contributed by atoms with Crippen molar-refractivity contribution in [2.24, 2.45) is 0 Å². The standard InChI is InChI=1S/C18H17N3O5S/c1-13-7-9-15(10-8-13)27(23,24)19-11-17(22)25-12-16-20-18(21-26-16)14-5-3-2-4-6-14/h2-10,19H,11-12H2,1H3. The third kappa shape index (κ3) is 4.99. The number of sulfonamides is 1. The second kappa shape index (κ2) is 8.11. The number of ether oxygens (including phenoxy) is 1. The van der Waals surface area contributed by atoms with E-state index in [1.54, 1.807) is 12.1 Å². The number of nitrogens with one attached hydrogen (secondary N) is 1. The van der Waals surface area contributed by atoms with E-state index in [0.29, 0.717) is 5.82 Å². The summed E-state index contributed by atoms with van der Waals surface area (Å²) >= 11 is 0. The highest BCUT2D eigenvalue weighted by atomic mass is 32.2. The fraction of sp³-hybridized carbons (Fsp3) is 0.167. The molecule has 1 heterocycles. The summed E-state index contributed by atoms with van der Waals surface area (Å²) in [6, 6.07) is 15.5. The maximum atomic E-state index is 12.1. The quantitative estimate of drug-likeness (QED) is 0.618. The lowest BCUT2D eigenvalue weighted by molar-refractivity contribution is -0.144. The number of carbonyl (C=O) groups excluding carboxylic acids is 1. The number of nitrogens with zero attached hydrogens (tertiary/aromatic N) is 2. The Morgan fingerprint density at radius 1 is 1.11 bits per heavy atom. The van der Waals surface area contributed by atoms with Crippen LogP contribution in [0.1, 0.15) is 11.5 Å². The molecule has 9 heteroatoms. The molecule has 2 aromatic carbocycles. The van der Waals surface area contributed by atoms with Crippen LogP contribution in [0.3, 0.4) is 0 Å². The molecular formula is C18H17N3O5S. The van der Waals surface area contributed by atoms with Crippen molar-refractivity contribution in [3.63, 3.8) is 0 Å². The Kier molecular flexibility index (Phi) is 5.63. The van der Waals surface area contributed by atoms with Gasteiger partial charge in [-0.1, -0.05) is 53.2 Å². The fourth-order valence-corrected chi connectivity index (χ4v) is 3.13. The number of aryl methyl sites for hydroxylation is 1. The molecule has 0 bridgehead atoms. The summed E-state index contributed by atoms with van der Waals surface area (Å²) in [5.74, 6) is -0.268. The second-order valence-corrected chi connectivity index (χ2v) is 7.44. The molecule has 0 unspecified atom stereocenters. The van der Waals surface area contributed by atoms with E-state index < -0.39 is 22.5 Å². The zero-order valence-corrected chi connectivity index (χ0v) is 15.3. The molecule has 0 radical (unpaired) electrons. The predicted molar refractivity (Wildman–Crippen MR) is 95.9 cm³/mol. The van der Waals surface area contributed by atoms with Crippen LogP contribution < -0.4 is 4.72 Å². The van der Waals surface area contributed by atoms with Crippen molar-refractivity contribution < 1.29 is 22.5 Å². The Morgan fingerprint density at radius 2 is 1.81 bits per heavy atom. The number of aromatic nitrogens is 2. The molecule has 0 fully saturated rings. The van der Waals surface area contributed by atoms with Gasteiger partial charge in [-0.3, -0.25) is 4.79 Å². The molecule has 3 rings (SSSR count). The molecule has 0 aliphatic rings. The van der Waals surface area contributed by atoms with E-state index in [2.05, 4.69) is 14.9 Å². The normalized spacial score (nSPS) is 11.3. The molecule has 3 aromatic rings. The molecule has 140 valence electrons. The lowest BCUT2D eigenvalue weighted by Gasteiger charge is -2.06. The third-order valence-corrected chi connectivity index (χ3v) is 5.01. The molecule has 1 aromatic heterocycles. The Balaban J connectivity index is 1.51. The molecular weight excluding hydrogens is 370 g/mol. The van der Waals surface area contributed by atoms with Gasteiger partial charge in [-0.05, 0) is 19.1 Å². The van der Waals surface area contributed by atoms with Gasteiger partial charge in [0.1, 0.15) is 6.54 Å². The van der Waals surface area contributed by atoms with Crippen LogP contribution in [0.4, 0.5) is 0 Å². The molecule has 0 amide bonds. The Hall–Kier alpha value is -3.04. The van der Waals surface area contributed by atoms with E-state index >= 15 is 0 Å². The number of esters is 1. The van der Waals surface area contributed by atoms with Crippen LogP contribution in [0.2, 0.25) is 0 Å². The first-order valence-electron chi connectivity index (χ1n) is 8.04. The highest BCUT2D eigenvalue weighted by molar-refractivity contribution is 7.89. The average molecular weight is 387 g/mol. The first-order chi connectivity index (χ1) is 12.9. The van der Waals surface area contributed by atoms with E-state index in [-0.39, 0.29) is 17.4 Å². The summed E-state index contributed by atoms with van der Waals surface area (Å²) in [4.78, 5) is 16.0. The van der Waals surface area contributed by atoms with Crippen LogP contribution >= 0.6 is 0 Å². The minimum Gasteiger partial charge on any atom is -0.455 e. The smallest absolute Gasteiger partial charge is 0.321 e. The molecule has 0 spiro atoms. The average Bonchev–Trinajstić information content (AvgIpc) is 3.15. The maximum absolute atomic E-state index is 12.1. The highest BCUT2D eigenvalue weighted by Crippen LogP contribution is 2.15. The molecule has 8 nitrogen and oxygen atoms in total. The zero-order chi connectivity index (χ0) is 19.3. The van der Waals surface area contributed by atoms with Gasteiger partial charge >= 0.3 is 5.97 Å². The molecule has 27 heavy (non-hydrogen) atoms. The van der Waals surface area contributed by atoms with E-state index in [1.165, 1.54) is 12.1 Å². The third-order valence-electron chi connectivity index (χ3n) is 3.59. The van der Waals surface area contributed by atoms with Gasteiger partial charge in [0.15, 0.2) is 6.61 Å². The van der Waals surface area contributed by atoms with Crippen molar-refractivity contribution in [3.8, 4) is 11.4 Å². The van der Waals surface area contributed by atoms with Crippen LogP contribution in [0.15, 0.2) is 64.0 Å². The topological polar surface area (TPSA) is 111 Å². The van der Waals surface area contributed by atoms with Crippen LogP contribution in [-0.2, 0) is 26.2 Å². The van der Waals surface area contributed by atoms with Gasteiger partial charge in [0.25, 0.3) is 5.89 Å². The van der Waals surface area contributed by atoms with Gasteiger partial charge in [0.2, 0.25) is 15.8 Å². The van der Waals surface area contributed by atoms with Gasteiger partial charge in [0, 0.05) is 5.56 Å². The number of benzene rings is 2. The van der Waals surface area contributed by atoms with Crippen molar-refractivity contribution in [1.82, 2.24) is 14.9 Å².